The number of carboxylic acids is 1. The number of nitrogens with zero attached hydrogens (tertiary/aromatic N) is 3. The SMILES string of the molecule is Cn1nc2nc1-c1cc(ccc1F)Oc1c(F)cc3[nH]ccc3c1CCS(=O)(=O)CC(C)(C)OCCC2(C)c1cccc(CCC(=O)O)c1. The van der Waals surface area contributed by atoms with Gasteiger partial charge in [0.1, 0.15) is 11.6 Å². The number of nitrogens with one attached hydrogen (secondary N) is 1. The van der Waals surface area contributed by atoms with Crippen molar-refractivity contribution >= 4 is 26.7 Å². The van der Waals surface area contributed by atoms with Gasteiger partial charge in [-0.15, -0.1) is 0 Å². The molecule has 0 radical (unpaired) electrons. The highest BCUT2D eigenvalue weighted by Gasteiger charge is 2.36. The zero-order chi connectivity index (χ0) is 35.1. The predicted molar refractivity (Wildman–Crippen MR) is 181 cm³/mol. The smallest absolute Gasteiger partial charge is 0.303 e. The molecule has 5 aromatic rings. The lowest BCUT2D eigenvalue weighted by atomic mass is 9.78. The standard InChI is InChI=1S/C36H38F2N4O6S/c1-35(2)21-49(45,46)17-13-26-25-12-15-39-30(25)20-29(38)32(26)48-24-9-10-28(37)27(19-24)33-40-34(41-42(33)4)36(3,14-16-47-35)23-7-5-6-22(18-23)8-11-31(43)44/h5-7,9-10,12,15,18-20,39H,8,11,13-14,16-17,21H2,1-4H3,(H,43,44). The van der Waals surface area contributed by atoms with Crippen LogP contribution in [0.15, 0.2) is 60.8 Å². The molecule has 1 aliphatic heterocycles. The van der Waals surface area contributed by atoms with E-state index >= 15 is 8.78 Å². The molecular weight excluding hydrogens is 654 g/mol. The zero-order valence-corrected chi connectivity index (χ0v) is 28.5. The number of carbonyl (C=O) groups is 1. The van der Waals surface area contributed by atoms with Crippen LogP contribution in [0.5, 0.6) is 11.5 Å². The molecule has 0 saturated carbocycles. The number of rotatable bonds is 4. The van der Waals surface area contributed by atoms with Crippen molar-refractivity contribution in [2.75, 3.05) is 18.1 Å². The molecule has 10 nitrogen and oxygen atoms in total. The third-order valence-electron chi connectivity index (χ3n) is 9.04. The Hall–Kier alpha value is -4.62. The first-order valence-corrected chi connectivity index (χ1v) is 17.8. The second-order valence-corrected chi connectivity index (χ2v) is 15.5. The van der Waals surface area contributed by atoms with Crippen molar-refractivity contribution < 1.29 is 36.6 Å². The molecule has 13 heteroatoms. The number of H-pyrrole nitrogens is 1. The van der Waals surface area contributed by atoms with Crippen LogP contribution in [0.2, 0.25) is 0 Å². The number of sulfone groups is 1. The summed E-state index contributed by atoms with van der Waals surface area (Å²) in [6.45, 7) is 5.47. The fourth-order valence-corrected chi connectivity index (χ4v) is 8.23. The van der Waals surface area contributed by atoms with E-state index < -0.39 is 38.5 Å². The minimum atomic E-state index is -3.71. The maximum atomic E-state index is 15.6. The lowest BCUT2D eigenvalue weighted by molar-refractivity contribution is -0.136. The third-order valence-corrected chi connectivity index (χ3v) is 11.0. The van der Waals surface area contributed by atoms with Gasteiger partial charge in [-0.1, -0.05) is 24.3 Å². The molecule has 2 aromatic heterocycles. The number of fused-ring (bicyclic) bond motifs is 8. The zero-order valence-electron chi connectivity index (χ0n) is 27.7. The predicted octanol–water partition coefficient (Wildman–Crippen LogP) is 6.51. The summed E-state index contributed by atoms with van der Waals surface area (Å²) in [5.74, 6) is -2.23. The van der Waals surface area contributed by atoms with Crippen LogP contribution in [0.3, 0.4) is 0 Å². The number of hydrogen-bond acceptors (Lipinski definition) is 7. The highest BCUT2D eigenvalue weighted by atomic mass is 32.2. The molecule has 0 amide bonds. The molecule has 0 fully saturated rings. The van der Waals surface area contributed by atoms with Gasteiger partial charge in [0.2, 0.25) is 0 Å². The molecule has 4 bridgehead atoms. The Morgan fingerprint density at radius 1 is 1.08 bits per heavy atom. The fourth-order valence-electron chi connectivity index (χ4n) is 6.43. The van der Waals surface area contributed by atoms with E-state index in [9.17, 15) is 18.3 Å². The molecule has 0 aliphatic carbocycles. The van der Waals surface area contributed by atoms with Crippen LogP contribution in [-0.4, -0.2) is 63.0 Å². The maximum Gasteiger partial charge on any atom is 0.303 e. The Morgan fingerprint density at radius 3 is 2.65 bits per heavy atom. The Kier molecular flexibility index (Phi) is 9.10. The van der Waals surface area contributed by atoms with Gasteiger partial charge in [0, 0.05) is 48.8 Å². The van der Waals surface area contributed by atoms with E-state index in [0.29, 0.717) is 35.1 Å². The number of aromatic amines is 1. The van der Waals surface area contributed by atoms with Crippen molar-refractivity contribution in [1.29, 1.82) is 0 Å². The molecule has 0 spiro atoms. The van der Waals surface area contributed by atoms with Crippen LogP contribution in [0.4, 0.5) is 8.78 Å². The Labute approximate surface area is 283 Å². The maximum absolute atomic E-state index is 15.6. The molecule has 258 valence electrons. The first kappa shape index (κ1) is 34.3. The first-order valence-electron chi connectivity index (χ1n) is 16.0. The summed E-state index contributed by atoms with van der Waals surface area (Å²) in [6.07, 6.45) is 2.21. The van der Waals surface area contributed by atoms with Crippen LogP contribution in [0, 0.1) is 11.6 Å². The van der Waals surface area contributed by atoms with Crippen molar-refractivity contribution in [2.45, 2.75) is 57.5 Å². The minimum absolute atomic E-state index is 0.0309. The van der Waals surface area contributed by atoms with Gasteiger partial charge >= 0.3 is 5.97 Å². The molecule has 1 unspecified atom stereocenters. The number of ether oxygens (including phenoxy) is 2. The van der Waals surface area contributed by atoms with Crippen molar-refractivity contribution in [3.8, 4) is 22.9 Å². The summed E-state index contributed by atoms with van der Waals surface area (Å²) >= 11 is 0. The van der Waals surface area contributed by atoms with E-state index in [2.05, 4.69) is 4.98 Å². The topological polar surface area (TPSA) is 136 Å². The number of halogens is 2. The van der Waals surface area contributed by atoms with Gasteiger partial charge in [0.25, 0.3) is 0 Å². The molecule has 3 aromatic carbocycles. The number of hydrogen-bond donors (Lipinski definition) is 2. The van der Waals surface area contributed by atoms with E-state index in [1.54, 1.807) is 33.2 Å². The molecule has 2 N–H and O–H groups in total. The van der Waals surface area contributed by atoms with Gasteiger partial charge in [-0.05, 0) is 75.4 Å². The number of aromatic nitrogens is 4. The number of benzene rings is 3. The minimum Gasteiger partial charge on any atom is -0.481 e. The van der Waals surface area contributed by atoms with Gasteiger partial charge in [0.05, 0.1) is 28.1 Å². The number of aryl methyl sites for hydroxylation is 3. The van der Waals surface area contributed by atoms with Crippen molar-refractivity contribution in [2.24, 2.45) is 7.05 Å². The molecule has 1 aliphatic rings. The summed E-state index contributed by atoms with van der Waals surface area (Å²) in [4.78, 5) is 19.1. The lowest BCUT2D eigenvalue weighted by Crippen LogP contribution is -2.37. The van der Waals surface area contributed by atoms with Crippen molar-refractivity contribution in [3.05, 3.63) is 94.9 Å². The van der Waals surface area contributed by atoms with E-state index in [1.165, 1.54) is 28.9 Å². The second-order valence-electron chi connectivity index (χ2n) is 13.4. The molecule has 49 heavy (non-hydrogen) atoms. The van der Waals surface area contributed by atoms with Crippen LogP contribution in [-0.2, 0) is 44.7 Å². The Bertz CT molecular complexity index is 2160. The monoisotopic (exact) mass is 692 g/mol. The van der Waals surface area contributed by atoms with Gasteiger partial charge < -0.3 is 19.6 Å². The van der Waals surface area contributed by atoms with Crippen LogP contribution < -0.4 is 4.74 Å². The number of aliphatic carboxylic acids is 1. The summed E-state index contributed by atoms with van der Waals surface area (Å²) in [7, 11) is -2.07. The van der Waals surface area contributed by atoms with Crippen LogP contribution >= 0.6 is 0 Å². The Morgan fingerprint density at radius 2 is 1.88 bits per heavy atom. The molecule has 1 atom stereocenters. The van der Waals surface area contributed by atoms with Gasteiger partial charge in [-0.3, -0.25) is 4.79 Å². The Balaban J connectivity index is 1.50. The molecular formula is C36H38F2N4O6S. The fraction of sp³-hybridized carbons (Fsp3) is 0.361. The van der Waals surface area contributed by atoms with Gasteiger partial charge in [-0.25, -0.2) is 26.9 Å². The summed E-state index contributed by atoms with van der Waals surface area (Å²) < 4.78 is 72.0. The summed E-state index contributed by atoms with van der Waals surface area (Å²) in [5.41, 5.74) is 0.535. The summed E-state index contributed by atoms with van der Waals surface area (Å²) in [6, 6.07) is 14.5. The van der Waals surface area contributed by atoms with E-state index in [0.717, 1.165) is 11.1 Å². The van der Waals surface area contributed by atoms with Crippen LogP contribution in [0.25, 0.3) is 22.3 Å². The van der Waals surface area contributed by atoms with E-state index in [4.69, 9.17) is 19.6 Å². The second kappa shape index (κ2) is 13.0. The van der Waals surface area contributed by atoms with Crippen molar-refractivity contribution in [1.82, 2.24) is 19.7 Å². The van der Waals surface area contributed by atoms with E-state index in [1.807, 2.05) is 31.2 Å². The van der Waals surface area contributed by atoms with Gasteiger partial charge in [0.15, 0.2) is 33.1 Å². The quantitative estimate of drug-likeness (QED) is 0.218. The van der Waals surface area contributed by atoms with E-state index in [-0.39, 0.29) is 53.8 Å². The van der Waals surface area contributed by atoms with Crippen LogP contribution in [0.1, 0.15) is 56.1 Å². The normalized spacial score (nSPS) is 19.4. The average molecular weight is 693 g/mol. The average Bonchev–Trinajstić information content (AvgIpc) is 3.66. The first-order chi connectivity index (χ1) is 23.1. The largest absolute Gasteiger partial charge is 0.481 e. The van der Waals surface area contributed by atoms with Gasteiger partial charge in [-0.2, -0.15) is 5.10 Å². The molecule has 0 saturated heterocycles. The van der Waals surface area contributed by atoms with Crippen molar-refractivity contribution in [3.63, 3.8) is 0 Å². The highest BCUT2D eigenvalue weighted by Crippen LogP contribution is 2.39. The summed E-state index contributed by atoms with van der Waals surface area (Å²) in [5, 5.41) is 14.6. The molecule has 3 heterocycles. The number of carboxylic acid groups (broad SMARTS) is 1. The molecule has 6 rings (SSSR count). The third kappa shape index (κ3) is 7.23. The highest BCUT2D eigenvalue weighted by molar-refractivity contribution is 7.91. The lowest BCUT2D eigenvalue weighted by Gasteiger charge is -2.31.